The summed E-state index contributed by atoms with van der Waals surface area (Å²) < 4.78 is 19.7. The summed E-state index contributed by atoms with van der Waals surface area (Å²) in [5.41, 5.74) is 0.239. The van der Waals surface area contributed by atoms with Crippen LogP contribution in [0.25, 0.3) is 0 Å². The molecule has 0 heterocycles. The van der Waals surface area contributed by atoms with Crippen molar-refractivity contribution in [3.8, 4) is 23.6 Å². The number of benzene rings is 2. The van der Waals surface area contributed by atoms with Crippen molar-refractivity contribution in [2.75, 3.05) is 0 Å². The van der Waals surface area contributed by atoms with Gasteiger partial charge in [-0.3, -0.25) is 4.79 Å². The number of carboxylic acids is 1. The molecule has 0 saturated carbocycles. The van der Waals surface area contributed by atoms with Crippen LogP contribution in [0.2, 0.25) is 5.02 Å². The van der Waals surface area contributed by atoms with E-state index in [-0.39, 0.29) is 33.2 Å². The molecule has 0 saturated heterocycles. The van der Waals surface area contributed by atoms with Crippen molar-refractivity contribution in [2.45, 2.75) is 6.42 Å². The van der Waals surface area contributed by atoms with E-state index >= 15 is 0 Å². The smallest absolute Gasteiger partial charge is 0.307 e. The number of nitriles is 2. The molecule has 7 heteroatoms. The highest BCUT2D eigenvalue weighted by molar-refractivity contribution is 6.32. The summed E-state index contributed by atoms with van der Waals surface area (Å²) >= 11 is 5.89. The van der Waals surface area contributed by atoms with Crippen LogP contribution in [0.15, 0.2) is 30.3 Å². The highest BCUT2D eigenvalue weighted by Gasteiger charge is 2.17. The Kier molecular flexibility index (Phi) is 4.80. The lowest BCUT2D eigenvalue weighted by Crippen LogP contribution is -2.04. The Morgan fingerprint density at radius 3 is 2.35 bits per heavy atom. The van der Waals surface area contributed by atoms with Crippen LogP contribution in [0.4, 0.5) is 4.39 Å². The zero-order valence-electron chi connectivity index (χ0n) is 11.5. The molecule has 0 aromatic heterocycles. The van der Waals surface area contributed by atoms with Gasteiger partial charge in [0.05, 0.1) is 34.7 Å². The molecule has 2 rings (SSSR count). The summed E-state index contributed by atoms with van der Waals surface area (Å²) in [6.07, 6.45) is -0.527. The second kappa shape index (κ2) is 6.78. The molecule has 0 amide bonds. The molecule has 0 aliphatic rings. The predicted molar refractivity (Wildman–Crippen MR) is 78.7 cm³/mol. The maximum atomic E-state index is 14.3. The average molecular weight is 331 g/mol. The molecule has 0 spiro atoms. The van der Waals surface area contributed by atoms with Gasteiger partial charge in [0.2, 0.25) is 0 Å². The highest BCUT2D eigenvalue weighted by atomic mass is 35.5. The van der Waals surface area contributed by atoms with Gasteiger partial charge in [0.15, 0.2) is 11.6 Å². The maximum Gasteiger partial charge on any atom is 0.307 e. The van der Waals surface area contributed by atoms with E-state index in [0.717, 1.165) is 0 Å². The van der Waals surface area contributed by atoms with E-state index in [0.29, 0.717) is 0 Å². The van der Waals surface area contributed by atoms with Gasteiger partial charge >= 0.3 is 5.97 Å². The molecular weight excluding hydrogens is 323 g/mol. The Bertz CT molecular complexity index is 837. The summed E-state index contributed by atoms with van der Waals surface area (Å²) in [5.74, 6) is -2.41. The van der Waals surface area contributed by atoms with Crippen LogP contribution in [-0.2, 0) is 11.2 Å². The maximum absolute atomic E-state index is 14.3. The number of halogens is 2. The first kappa shape index (κ1) is 16.3. The van der Waals surface area contributed by atoms with Crippen LogP contribution in [0.1, 0.15) is 16.7 Å². The lowest BCUT2D eigenvalue weighted by atomic mass is 10.1. The zero-order chi connectivity index (χ0) is 17.0. The SMILES string of the molecule is N#Cc1cc(C#N)cc(Oc2c(Cl)ccc(CC(=O)O)c2F)c1. The Morgan fingerprint density at radius 1 is 1.22 bits per heavy atom. The number of hydrogen-bond acceptors (Lipinski definition) is 4. The van der Waals surface area contributed by atoms with Crippen molar-refractivity contribution in [1.82, 2.24) is 0 Å². The largest absolute Gasteiger partial charge is 0.481 e. The number of nitrogens with zero attached hydrogens (tertiary/aromatic N) is 2. The summed E-state index contributed by atoms with van der Waals surface area (Å²) in [4.78, 5) is 10.7. The minimum atomic E-state index is -1.20. The van der Waals surface area contributed by atoms with Gasteiger partial charge in [-0.05, 0) is 24.3 Å². The molecule has 2 aromatic rings. The van der Waals surface area contributed by atoms with Gasteiger partial charge in [0, 0.05) is 5.56 Å². The van der Waals surface area contributed by atoms with Crippen molar-refractivity contribution in [3.63, 3.8) is 0 Å². The molecule has 0 aliphatic heterocycles. The number of carboxylic acid groups (broad SMARTS) is 1. The first-order valence-electron chi connectivity index (χ1n) is 6.26. The molecule has 2 aromatic carbocycles. The zero-order valence-corrected chi connectivity index (χ0v) is 12.3. The van der Waals surface area contributed by atoms with Gasteiger partial charge in [0.25, 0.3) is 0 Å². The summed E-state index contributed by atoms with van der Waals surface area (Å²) in [5, 5.41) is 26.5. The quantitative estimate of drug-likeness (QED) is 0.923. The first-order chi connectivity index (χ1) is 10.9. The van der Waals surface area contributed by atoms with Gasteiger partial charge in [0.1, 0.15) is 5.75 Å². The monoisotopic (exact) mass is 330 g/mol. The summed E-state index contributed by atoms with van der Waals surface area (Å²) in [6.45, 7) is 0. The molecule has 1 N–H and O–H groups in total. The molecular formula is C16H8ClFN2O3. The fourth-order valence-corrected chi connectivity index (χ4v) is 2.06. The molecule has 0 radical (unpaired) electrons. The number of hydrogen-bond donors (Lipinski definition) is 1. The molecule has 114 valence electrons. The molecule has 0 fully saturated rings. The predicted octanol–water partition coefficient (Wildman–Crippen LogP) is 3.64. The van der Waals surface area contributed by atoms with E-state index in [2.05, 4.69) is 0 Å². The Balaban J connectivity index is 2.46. The summed E-state index contributed by atoms with van der Waals surface area (Å²) in [6, 6.07) is 10.3. The second-order valence-electron chi connectivity index (χ2n) is 4.49. The molecule has 5 nitrogen and oxygen atoms in total. The first-order valence-corrected chi connectivity index (χ1v) is 6.64. The van der Waals surface area contributed by atoms with Crippen molar-refractivity contribution in [3.05, 3.63) is 57.9 Å². The van der Waals surface area contributed by atoms with Crippen molar-refractivity contribution in [2.24, 2.45) is 0 Å². The molecule has 0 atom stereocenters. The minimum absolute atomic E-state index is 0.0499. The van der Waals surface area contributed by atoms with Gasteiger partial charge in [-0.15, -0.1) is 0 Å². The van der Waals surface area contributed by atoms with E-state index in [1.54, 1.807) is 0 Å². The molecule has 23 heavy (non-hydrogen) atoms. The fourth-order valence-electron chi connectivity index (χ4n) is 1.87. The van der Waals surface area contributed by atoms with E-state index in [1.807, 2.05) is 12.1 Å². The second-order valence-corrected chi connectivity index (χ2v) is 4.90. The van der Waals surface area contributed by atoms with E-state index in [4.69, 9.17) is 32.0 Å². The van der Waals surface area contributed by atoms with Gasteiger partial charge in [-0.2, -0.15) is 10.5 Å². The molecule has 0 aliphatic carbocycles. The number of rotatable bonds is 4. The third-order valence-corrected chi connectivity index (χ3v) is 3.15. The normalized spacial score (nSPS) is 9.74. The minimum Gasteiger partial charge on any atom is -0.481 e. The van der Waals surface area contributed by atoms with Gasteiger partial charge in [-0.1, -0.05) is 17.7 Å². The van der Waals surface area contributed by atoms with Crippen molar-refractivity contribution in [1.29, 1.82) is 10.5 Å². The van der Waals surface area contributed by atoms with Crippen molar-refractivity contribution < 1.29 is 19.0 Å². The van der Waals surface area contributed by atoms with Crippen LogP contribution in [-0.4, -0.2) is 11.1 Å². The van der Waals surface area contributed by atoms with Crippen molar-refractivity contribution >= 4 is 17.6 Å². The standard InChI is InChI=1S/C16H8ClFN2O3/c17-13-2-1-11(6-14(21)22)15(18)16(13)23-12-4-9(7-19)3-10(5-12)8-20/h1-5H,6H2,(H,21,22). The van der Waals surface area contributed by atoms with Gasteiger partial charge < -0.3 is 9.84 Å². The van der Waals surface area contributed by atoms with E-state index < -0.39 is 18.2 Å². The van der Waals surface area contributed by atoms with E-state index in [9.17, 15) is 9.18 Å². The Morgan fingerprint density at radius 2 is 1.83 bits per heavy atom. The lowest BCUT2D eigenvalue weighted by Gasteiger charge is -2.11. The van der Waals surface area contributed by atoms with Gasteiger partial charge in [-0.25, -0.2) is 4.39 Å². The van der Waals surface area contributed by atoms with Crippen LogP contribution >= 0.6 is 11.6 Å². The fraction of sp³-hybridized carbons (Fsp3) is 0.0625. The van der Waals surface area contributed by atoms with Crippen LogP contribution in [0.5, 0.6) is 11.5 Å². The number of ether oxygens (including phenoxy) is 1. The topological polar surface area (TPSA) is 94.1 Å². The number of aliphatic carboxylic acids is 1. The summed E-state index contributed by atoms with van der Waals surface area (Å²) in [7, 11) is 0. The molecule has 0 bridgehead atoms. The number of carbonyl (C=O) groups is 1. The third kappa shape index (κ3) is 3.76. The Labute approximate surface area is 135 Å². The average Bonchev–Trinajstić information content (AvgIpc) is 2.53. The van der Waals surface area contributed by atoms with E-state index in [1.165, 1.54) is 30.3 Å². The molecule has 0 unspecified atom stereocenters. The highest BCUT2D eigenvalue weighted by Crippen LogP contribution is 2.34. The van der Waals surface area contributed by atoms with Crippen LogP contribution in [0.3, 0.4) is 0 Å². The van der Waals surface area contributed by atoms with Crippen LogP contribution < -0.4 is 4.74 Å². The third-order valence-electron chi connectivity index (χ3n) is 2.86. The Hall–Kier alpha value is -3.09. The lowest BCUT2D eigenvalue weighted by molar-refractivity contribution is -0.136. The van der Waals surface area contributed by atoms with Crippen LogP contribution in [0, 0.1) is 28.5 Å².